The van der Waals surface area contributed by atoms with Crippen LogP contribution in [-0.4, -0.2) is 22.9 Å². The second kappa shape index (κ2) is 5.81. The zero-order chi connectivity index (χ0) is 12.1. The van der Waals surface area contributed by atoms with Gasteiger partial charge in [-0.3, -0.25) is 4.79 Å². The molecule has 1 atom stereocenters. The molecule has 3 N–H and O–H groups in total. The average molecular weight is 247 g/mol. The molecule has 0 aliphatic rings. The van der Waals surface area contributed by atoms with E-state index < -0.39 is 23.6 Å². The van der Waals surface area contributed by atoms with Crippen LogP contribution in [0.3, 0.4) is 0 Å². The molecule has 0 heterocycles. The Morgan fingerprint density at radius 3 is 2.75 bits per heavy atom. The highest BCUT2D eigenvalue weighted by atomic mass is 32.2. The third-order valence-corrected chi connectivity index (χ3v) is 3.00. The zero-order valence-electron chi connectivity index (χ0n) is 8.32. The smallest absolute Gasteiger partial charge is 0.321 e. The van der Waals surface area contributed by atoms with E-state index in [0.717, 1.165) is 12.1 Å². The van der Waals surface area contributed by atoms with Gasteiger partial charge in [0.05, 0.1) is 0 Å². The van der Waals surface area contributed by atoms with E-state index in [0.29, 0.717) is 5.56 Å². The molecule has 0 spiro atoms. The second-order valence-corrected chi connectivity index (χ2v) is 4.23. The van der Waals surface area contributed by atoms with Crippen molar-refractivity contribution in [3.05, 3.63) is 35.4 Å². The summed E-state index contributed by atoms with van der Waals surface area (Å²) in [4.78, 5) is 10.4. The molecule has 1 rings (SSSR count). The van der Waals surface area contributed by atoms with Gasteiger partial charge < -0.3 is 10.8 Å². The first-order chi connectivity index (χ1) is 7.50. The number of thioether (sulfide) groups is 1. The van der Waals surface area contributed by atoms with Gasteiger partial charge in [-0.15, -0.1) is 0 Å². The van der Waals surface area contributed by atoms with Crippen molar-refractivity contribution in [2.75, 3.05) is 5.75 Å². The summed E-state index contributed by atoms with van der Waals surface area (Å²) in [6, 6.07) is 2.33. The van der Waals surface area contributed by atoms with Gasteiger partial charge in [-0.1, -0.05) is 6.07 Å². The van der Waals surface area contributed by atoms with Crippen molar-refractivity contribution in [1.29, 1.82) is 0 Å². The van der Waals surface area contributed by atoms with Gasteiger partial charge in [0.15, 0.2) is 0 Å². The molecule has 0 unspecified atom stereocenters. The molecule has 0 aliphatic carbocycles. The third-order valence-electron chi connectivity index (χ3n) is 1.89. The van der Waals surface area contributed by atoms with Crippen LogP contribution in [0.1, 0.15) is 5.56 Å². The molecular weight excluding hydrogens is 236 g/mol. The zero-order valence-corrected chi connectivity index (χ0v) is 9.14. The Labute approximate surface area is 95.6 Å². The Morgan fingerprint density at radius 2 is 2.19 bits per heavy atom. The molecule has 0 aromatic heterocycles. The van der Waals surface area contributed by atoms with E-state index in [1.807, 2.05) is 0 Å². The number of halogens is 2. The molecular formula is C10H11F2NO2S. The number of carboxylic acid groups (broad SMARTS) is 1. The fourth-order valence-corrected chi connectivity index (χ4v) is 1.97. The first-order valence-corrected chi connectivity index (χ1v) is 5.66. The van der Waals surface area contributed by atoms with Crippen molar-refractivity contribution in [3.63, 3.8) is 0 Å². The highest BCUT2D eigenvalue weighted by molar-refractivity contribution is 7.98. The molecule has 0 radical (unpaired) electrons. The number of benzene rings is 1. The Bertz CT molecular complexity index is 387. The summed E-state index contributed by atoms with van der Waals surface area (Å²) >= 11 is 1.19. The lowest BCUT2D eigenvalue weighted by molar-refractivity contribution is -0.137. The van der Waals surface area contributed by atoms with Crippen LogP contribution in [0.2, 0.25) is 0 Å². The van der Waals surface area contributed by atoms with Crippen LogP contribution in [0.25, 0.3) is 0 Å². The number of carboxylic acids is 1. The molecule has 0 saturated carbocycles. The topological polar surface area (TPSA) is 63.3 Å². The first kappa shape index (κ1) is 12.9. The van der Waals surface area contributed by atoms with E-state index in [1.54, 1.807) is 0 Å². The molecule has 6 heteroatoms. The van der Waals surface area contributed by atoms with Crippen molar-refractivity contribution in [2.24, 2.45) is 5.73 Å². The van der Waals surface area contributed by atoms with E-state index in [9.17, 15) is 13.6 Å². The van der Waals surface area contributed by atoms with Gasteiger partial charge >= 0.3 is 5.97 Å². The lowest BCUT2D eigenvalue weighted by Crippen LogP contribution is -2.32. The Balaban J connectivity index is 2.46. The Morgan fingerprint density at radius 1 is 1.50 bits per heavy atom. The normalized spacial score (nSPS) is 12.4. The highest BCUT2D eigenvalue weighted by Crippen LogP contribution is 2.17. The maximum Gasteiger partial charge on any atom is 0.321 e. The summed E-state index contributed by atoms with van der Waals surface area (Å²) in [6.07, 6.45) is 0. The standard InChI is InChI=1S/C10H11F2NO2S/c11-7-2-1-6(8(12)3-7)4-16-5-9(13)10(14)15/h1-3,9H,4-5,13H2,(H,14,15)/t9-/m1/s1. The van der Waals surface area contributed by atoms with Crippen LogP contribution in [0, 0.1) is 11.6 Å². The average Bonchev–Trinajstić information content (AvgIpc) is 2.20. The number of hydrogen-bond donors (Lipinski definition) is 2. The van der Waals surface area contributed by atoms with E-state index in [4.69, 9.17) is 10.8 Å². The van der Waals surface area contributed by atoms with Crippen LogP contribution >= 0.6 is 11.8 Å². The Hall–Kier alpha value is -1.14. The molecule has 0 amide bonds. The molecule has 88 valence electrons. The highest BCUT2D eigenvalue weighted by Gasteiger charge is 2.11. The lowest BCUT2D eigenvalue weighted by Gasteiger charge is -2.06. The molecule has 0 saturated heterocycles. The summed E-state index contributed by atoms with van der Waals surface area (Å²) in [5, 5.41) is 8.51. The van der Waals surface area contributed by atoms with Crippen LogP contribution in [0.15, 0.2) is 18.2 Å². The fourth-order valence-electron chi connectivity index (χ4n) is 1.01. The van der Waals surface area contributed by atoms with E-state index >= 15 is 0 Å². The number of carbonyl (C=O) groups is 1. The monoisotopic (exact) mass is 247 g/mol. The van der Waals surface area contributed by atoms with Crippen molar-refractivity contribution in [3.8, 4) is 0 Å². The molecule has 1 aromatic rings. The minimum atomic E-state index is -1.09. The maximum atomic E-state index is 13.1. The predicted octanol–water partition coefficient (Wildman–Crippen LogP) is 1.61. The number of nitrogens with two attached hydrogens (primary N) is 1. The summed E-state index contributed by atoms with van der Waals surface area (Å²) in [7, 11) is 0. The van der Waals surface area contributed by atoms with E-state index in [1.165, 1.54) is 17.8 Å². The SMILES string of the molecule is N[C@H](CSCc1ccc(F)cc1F)C(=O)O. The van der Waals surface area contributed by atoms with Gasteiger partial charge in [0.1, 0.15) is 17.7 Å². The van der Waals surface area contributed by atoms with Gasteiger partial charge in [0.25, 0.3) is 0 Å². The first-order valence-electron chi connectivity index (χ1n) is 4.50. The molecule has 3 nitrogen and oxygen atoms in total. The van der Waals surface area contributed by atoms with Crippen molar-refractivity contribution in [2.45, 2.75) is 11.8 Å². The van der Waals surface area contributed by atoms with Crippen LogP contribution in [0.4, 0.5) is 8.78 Å². The number of rotatable bonds is 5. The number of aliphatic carboxylic acids is 1. The van der Waals surface area contributed by atoms with Crippen LogP contribution < -0.4 is 5.73 Å². The minimum absolute atomic E-state index is 0.187. The Kier molecular flexibility index (Phi) is 4.70. The van der Waals surface area contributed by atoms with Gasteiger partial charge in [-0.05, 0) is 11.6 Å². The summed E-state index contributed by atoms with van der Waals surface area (Å²) in [5.41, 5.74) is 5.61. The number of hydrogen-bond acceptors (Lipinski definition) is 3. The summed E-state index contributed by atoms with van der Waals surface area (Å²) in [5.74, 6) is -1.89. The van der Waals surface area contributed by atoms with E-state index in [2.05, 4.69) is 0 Å². The lowest BCUT2D eigenvalue weighted by atomic mass is 10.2. The van der Waals surface area contributed by atoms with Gasteiger partial charge in [-0.2, -0.15) is 11.8 Å². The van der Waals surface area contributed by atoms with Gasteiger partial charge in [0, 0.05) is 17.6 Å². The maximum absolute atomic E-state index is 13.1. The van der Waals surface area contributed by atoms with Crippen molar-refractivity contribution in [1.82, 2.24) is 0 Å². The molecule has 1 aromatic carbocycles. The third kappa shape index (κ3) is 3.79. The van der Waals surface area contributed by atoms with Crippen molar-refractivity contribution < 1.29 is 18.7 Å². The second-order valence-electron chi connectivity index (χ2n) is 3.20. The summed E-state index contributed by atoms with van der Waals surface area (Å²) in [6.45, 7) is 0. The summed E-state index contributed by atoms with van der Waals surface area (Å²) < 4.78 is 25.7. The largest absolute Gasteiger partial charge is 0.480 e. The molecule has 0 bridgehead atoms. The van der Waals surface area contributed by atoms with Gasteiger partial charge in [0.2, 0.25) is 0 Å². The predicted molar refractivity (Wildman–Crippen MR) is 58.1 cm³/mol. The molecule has 16 heavy (non-hydrogen) atoms. The van der Waals surface area contributed by atoms with Gasteiger partial charge in [-0.25, -0.2) is 8.78 Å². The van der Waals surface area contributed by atoms with Crippen LogP contribution in [0.5, 0.6) is 0 Å². The minimum Gasteiger partial charge on any atom is -0.480 e. The van der Waals surface area contributed by atoms with Crippen LogP contribution in [-0.2, 0) is 10.5 Å². The molecule has 0 aliphatic heterocycles. The quantitative estimate of drug-likeness (QED) is 0.829. The molecule has 0 fully saturated rings. The van der Waals surface area contributed by atoms with Crippen molar-refractivity contribution >= 4 is 17.7 Å². The fraction of sp³-hybridized carbons (Fsp3) is 0.300. The van der Waals surface area contributed by atoms with E-state index in [-0.39, 0.29) is 11.5 Å².